The highest BCUT2D eigenvalue weighted by Gasteiger charge is 2.35. The van der Waals surface area contributed by atoms with Gasteiger partial charge in [-0.1, -0.05) is 59.1 Å². The Morgan fingerprint density at radius 1 is 1.11 bits per heavy atom. The number of carbonyl (C=O) groups is 3. The molecule has 0 atom stereocenters. The van der Waals surface area contributed by atoms with Crippen LogP contribution < -0.4 is 15.4 Å². The van der Waals surface area contributed by atoms with Crippen molar-refractivity contribution in [1.82, 2.24) is 10.2 Å². The average Bonchev–Trinajstić information content (AvgIpc) is 3.12. The number of nitrogens with one attached hydrogen (secondary N) is 2. The molecule has 2 N–H and O–H groups in total. The molecule has 0 radical (unpaired) electrons. The second-order valence-corrected chi connectivity index (χ2v) is 8.98. The molecule has 186 valence electrons. The third kappa shape index (κ3) is 6.09. The predicted molar refractivity (Wildman–Crippen MR) is 140 cm³/mol. The number of hydrogen-bond acceptors (Lipinski definition) is 5. The van der Waals surface area contributed by atoms with Gasteiger partial charge in [-0.15, -0.1) is 0 Å². The smallest absolute Gasteiger partial charge is 0.329 e. The maximum Gasteiger partial charge on any atom is 0.329 e. The van der Waals surface area contributed by atoms with Crippen molar-refractivity contribution in [2.75, 3.05) is 11.9 Å². The molecule has 37 heavy (non-hydrogen) atoms. The summed E-state index contributed by atoms with van der Waals surface area (Å²) in [5.41, 5.74) is 3.15. The number of benzene rings is 3. The summed E-state index contributed by atoms with van der Waals surface area (Å²) in [5, 5.41) is 14.7. The van der Waals surface area contributed by atoms with E-state index in [2.05, 4.69) is 16.7 Å². The zero-order chi connectivity index (χ0) is 26.5. The summed E-state index contributed by atoms with van der Waals surface area (Å²) >= 11 is 12.7. The number of anilines is 1. The third-order valence-electron chi connectivity index (χ3n) is 5.44. The second kappa shape index (κ2) is 11.2. The van der Waals surface area contributed by atoms with E-state index in [0.29, 0.717) is 22.4 Å². The van der Waals surface area contributed by atoms with Gasteiger partial charge in [-0.25, -0.2) is 9.69 Å². The highest BCUT2D eigenvalue weighted by atomic mass is 35.5. The van der Waals surface area contributed by atoms with E-state index in [9.17, 15) is 19.6 Å². The van der Waals surface area contributed by atoms with Crippen molar-refractivity contribution in [1.29, 1.82) is 5.26 Å². The van der Waals surface area contributed by atoms with Gasteiger partial charge in [0.15, 0.2) is 5.75 Å². The molecule has 1 aliphatic rings. The number of ether oxygens (including phenoxy) is 1. The normalized spacial score (nSPS) is 13.9. The van der Waals surface area contributed by atoms with Crippen LogP contribution in [0.2, 0.25) is 10.0 Å². The van der Waals surface area contributed by atoms with Crippen molar-refractivity contribution < 1.29 is 19.1 Å². The van der Waals surface area contributed by atoms with E-state index in [-0.39, 0.29) is 28.1 Å². The lowest BCUT2D eigenvalue weighted by molar-refractivity contribution is -0.127. The summed E-state index contributed by atoms with van der Waals surface area (Å²) in [5.74, 6) is -0.960. The van der Waals surface area contributed by atoms with Crippen molar-refractivity contribution in [3.05, 3.63) is 98.7 Å². The van der Waals surface area contributed by atoms with Crippen molar-refractivity contribution in [3.63, 3.8) is 0 Å². The molecule has 3 aromatic rings. The molecule has 1 aliphatic heterocycles. The number of nitriles is 1. The van der Waals surface area contributed by atoms with Crippen LogP contribution in [0.4, 0.5) is 10.5 Å². The first kappa shape index (κ1) is 25.8. The van der Waals surface area contributed by atoms with Gasteiger partial charge in [0.05, 0.1) is 21.7 Å². The fraction of sp³-hybridized carbons (Fsp3) is 0.111. The molecular formula is C27H20Cl2N4O4. The maximum atomic E-state index is 12.8. The highest BCUT2D eigenvalue weighted by Crippen LogP contribution is 2.35. The topological polar surface area (TPSA) is 112 Å². The summed E-state index contributed by atoms with van der Waals surface area (Å²) < 4.78 is 5.75. The second-order valence-electron chi connectivity index (χ2n) is 8.16. The largest absolute Gasteiger partial charge is 0.486 e. The zero-order valence-electron chi connectivity index (χ0n) is 19.5. The SMILES string of the molecule is Cc1ccc(NC(=O)CN2C(=O)N/C(=C/c3cc(Cl)c(OCc4ccccc4C#N)c(Cl)c3)C2=O)cc1. The van der Waals surface area contributed by atoms with Gasteiger partial charge in [0.1, 0.15) is 18.8 Å². The van der Waals surface area contributed by atoms with Gasteiger partial charge in [0.25, 0.3) is 5.91 Å². The van der Waals surface area contributed by atoms with Crippen LogP contribution >= 0.6 is 23.2 Å². The standard InChI is InChI=1S/C27H20Cl2N4O4/c1-16-6-8-20(9-7-16)31-24(34)14-33-26(35)23(32-27(33)36)12-17-10-21(28)25(22(29)11-17)37-15-19-5-3-2-4-18(19)13-30/h2-12H,14-15H2,1H3,(H,31,34)(H,32,36)/b23-12+. The van der Waals surface area contributed by atoms with Crippen LogP contribution in [0.25, 0.3) is 6.08 Å². The van der Waals surface area contributed by atoms with Gasteiger partial charge in [0.2, 0.25) is 5.91 Å². The number of carbonyl (C=O) groups excluding carboxylic acids is 3. The van der Waals surface area contributed by atoms with Crippen molar-refractivity contribution in [2.24, 2.45) is 0 Å². The predicted octanol–water partition coefficient (Wildman–Crippen LogP) is 5.28. The Labute approximate surface area is 223 Å². The minimum atomic E-state index is -0.719. The minimum absolute atomic E-state index is 0.0307. The molecule has 1 heterocycles. The Kier molecular flexibility index (Phi) is 7.77. The molecule has 0 saturated carbocycles. The molecule has 0 bridgehead atoms. The molecular weight excluding hydrogens is 515 g/mol. The fourth-order valence-electron chi connectivity index (χ4n) is 3.57. The molecule has 0 aliphatic carbocycles. The van der Waals surface area contributed by atoms with Crippen LogP contribution in [-0.4, -0.2) is 29.3 Å². The lowest BCUT2D eigenvalue weighted by Gasteiger charge is -2.12. The summed E-state index contributed by atoms with van der Waals surface area (Å²) in [7, 11) is 0. The van der Waals surface area contributed by atoms with E-state index in [1.807, 2.05) is 19.1 Å². The van der Waals surface area contributed by atoms with Gasteiger partial charge in [-0.3, -0.25) is 9.59 Å². The Bertz CT molecular complexity index is 1440. The summed E-state index contributed by atoms with van der Waals surface area (Å²) in [4.78, 5) is 38.3. The highest BCUT2D eigenvalue weighted by molar-refractivity contribution is 6.37. The van der Waals surface area contributed by atoms with Crippen LogP contribution in [0, 0.1) is 18.3 Å². The number of urea groups is 1. The molecule has 3 aromatic carbocycles. The number of halogens is 2. The molecule has 1 saturated heterocycles. The van der Waals surface area contributed by atoms with Gasteiger partial charge in [0, 0.05) is 11.3 Å². The van der Waals surface area contributed by atoms with Crippen LogP contribution in [0.15, 0.2) is 66.4 Å². The number of hydrogen-bond donors (Lipinski definition) is 2. The first-order valence-electron chi connectivity index (χ1n) is 11.1. The number of rotatable bonds is 7. The van der Waals surface area contributed by atoms with Gasteiger partial charge in [-0.05, 0) is 48.9 Å². The van der Waals surface area contributed by atoms with E-state index >= 15 is 0 Å². The lowest BCUT2D eigenvalue weighted by atomic mass is 10.1. The molecule has 0 aromatic heterocycles. The summed E-state index contributed by atoms with van der Waals surface area (Å²) in [6.07, 6.45) is 1.41. The number of imide groups is 1. The number of nitrogens with zero attached hydrogens (tertiary/aromatic N) is 2. The lowest BCUT2D eigenvalue weighted by Crippen LogP contribution is -2.38. The Morgan fingerprint density at radius 3 is 2.46 bits per heavy atom. The third-order valence-corrected chi connectivity index (χ3v) is 6.00. The van der Waals surface area contributed by atoms with Crippen molar-refractivity contribution >= 4 is 52.8 Å². The molecule has 0 unspecified atom stereocenters. The van der Waals surface area contributed by atoms with E-state index in [1.165, 1.54) is 18.2 Å². The monoisotopic (exact) mass is 534 g/mol. The van der Waals surface area contributed by atoms with Gasteiger partial charge in [-0.2, -0.15) is 5.26 Å². The van der Waals surface area contributed by atoms with Crippen molar-refractivity contribution in [3.8, 4) is 11.8 Å². The summed E-state index contributed by atoms with van der Waals surface area (Å²) in [6, 6.07) is 18.6. The van der Waals surface area contributed by atoms with Crippen molar-refractivity contribution in [2.45, 2.75) is 13.5 Å². The Morgan fingerprint density at radius 2 is 1.78 bits per heavy atom. The minimum Gasteiger partial charge on any atom is -0.486 e. The van der Waals surface area contributed by atoms with Crippen LogP contribution in [0.1, 0.15) is 22.3 Å². The van der Waals surface area contributed by atoms with E-state index in [4.69, 9.17) is 27.9 Å². The fourth-order valence-corrected chi connectivity index (χ4v) is 4.18. The van der Waals surface area contributed by atoms with Crippen LogP contribution in [0.5, 0.6) is 5.75 Å². The summed E-state index contributed by atoms with van der Waals surface area (Å²) in [6.45, 7) is 1.55. The van der Waals surface area contributed by atoms with Gasteiger partial charge >= 0.3 is 6.03 Å². The molecule has 8 nitrogen and oxygen atoms in total. The van der Waals surface area contributed by atoms with E-state index < -0.39 is 24.4 Å². The quantitative estimate of drug-likeness (QED) is 0.316. The van der Waals surface area contributed by atoms with E-state index in [0.717, 1.165) is 10.5 Å². The molecule has 4 amide bonds. The number of amides is 4. The van der Waals surface area contributed by atoms with Crippen LogP contribution in [0.3, 0.4) is 0 Å². The Balaban J connectivity index is 1.45. The average molecular weight is 535 g/mol. The molecule has 0 spiro atoms. The Hall–Kier alpha value is -4.32. The zero-order valence-corrected chi connectivity index (χ0v) is 21.1. The number of aryl methyl sites for hydroxylation is 1. The van der Waals surface area contributed by atoms with E-state index in [1.54, 1.807) is 36.4 Å². The maximum absolute atomic E-state index is 12.8. The van der Waals surface area contributed by atoms with Gasteiger partial charge < -0.3 is 15.4 Å². The molecule has 4 rings (SSSR count). The first-order valence-corrected chi connectivity index (χ1v) is 11.8. The molecule has 10 heteroatoms. The first-order chi connectivity index (χ1) is 17.7. The van der Waals surface area contributed by atoms with Crippen LogP contribution in [-0.2, 0) is 16.2 Å². The molecule has 1 fully saturated rings.